The van der Waals surface area contributed by atoms with Crippen molar-refractivity contribution in [3.63, 3.8) is 0 Å². The van der Waals surface area contributed by atoms with Crippen LogP contribution in [0.2, 0.25) is 0 Å². The Hall–Kier alpha value is -3.27. The number of carbonyl (C=O) groups excluding carboxylic acids is 2. The number of thioether (sulfide) groups is 1. The van der Waals surface area contributed by atoms with Gasteiger partial charge in [-0.25, -0.2) is 9.69 Å². The minimum absolute atomic E-state index is 0.0379. The van der Waals surface area contributed by atoms with Crippen molar-refractivity contribution >= 4 is 40.3 Å². The first-order valence-corrected chi connectivity index (χ1v) is 10.4. The van der Waals surface area contributed by atoms with E-state index in [1.54, 1.807) is 13.1 Å². The zero-order valence-electron chi connectivity index (χ0n) is 17.1. The molecule has 4 rings (SSSR count). The summed E-state index contributed by atoms with van der Waals surface area (Å²) in [6.07, 6.45) is 1.71. The van der Waals surface area contributed by atoms with E-state index < -0.39 is 23.0 Å². The van der Waals surface area contributed by atoms with Crippen LogP contribution >= 0.6 is 11.8 Å². The number of halogens is 3. The number of nitrogens with one attached hydrogen (secondary N) is 1. The van der Waals surface area contributed by atoms with Crippen molar-refractivity contribution in [1.82, 2.24) is 10.3 Å². The van der Waals surface area contributed by atoms with Crippen LogP contribution < -0.4 is 15.0 Å². The molecule has 1 fully saturated rings. The maximum atomic E-state index is 13.3. The van der Waals surface area contributed by atoms with Gasteiger partial charge in [0.15, 0.2) is 0 Å². The molecule has 32 heavy (non-hydrogen) atoms. The molecular formula is C22H18F3N3O3S. The molecule has 1 saturated heterocycles. The first-order valence-electron chi connectivity index (χ1n) is 9.54. The zero-order chi connectivity index (χ0) is 23.1. The molecule has 0 saturated carbocycles. The van der Waals surface area contributed by atoms with E-state index in [9.17, 15) is 22.8 Å². The Morgan fingerprint density at radius 3 is 2.47 bits per heavy atom. The van der Waals surface area contributed by atoms with Gasteiger partial charge in [0.1, 0.15) is 11.3 Å². The molecule has 3 amide bonds. The van der Waals surface area contributed by atoms with Gasteiger partial charge in [0.25, 0.3) is 5.91 Å². The van der Waals surface area contributed by atoms with E-state index in [4.69, 9.17) is 4.74 Å². The summed E-state index contributed by atoms with van der Waals surface area (Å²) in [4.78, 5) is 31.2. The molecule has 2 heterocycles. The number of pyridine rings is 1. The number of alkyl halides is 3. The molecule has 1 unspecified atom stereocenters. The highest BCUT2D eigenvalue weighted by atomic mass is 32.2. The van der Waals surface area contributed by atoms with E-state index in [0.717, 1.165) is 15.8 Å². The number of rotatable bonds is 5. The lowest BCUT2D eigenvalue weighted by Crippen LogP contribution is -2.46. The molecule has 1 aliphatic heterocycles. The van der Waals surface area contributed by atoms with Crippen molar-refractivity contribution < 1.29 is 27.5 Å². The van der Waals surface area contributed by atoms with Crippen LogP contribution in [-0.4, -0.2) is 35.1 Å². The summed E-state index contributed by atoms with van der Waals surface area (Å²) in [5.41, 5.74) is -4.08. The molecule has 2 aromatic carbocycles. The summed E-state index contributed by atoms with van der Waals surface area (Å²) in [5, 5.41) is 3.52. The number of methoxy groups -OCH3 is 1. The average molecular weight is 461 g/mol. The van der Waals surface area contributed by atoms with E-state index in [1.807, 2.05) is 24.3 Å². The predicted molar refractivity (Wildman–Crippen MR) is 115 cm³/mol. The summed E-state index contributed by atoms with van der Waals surface area (Å²) < 4.78 is 43.1. The Kier molecular flexibility index (Phi) is 5.49. The SMILES string of the molecule is COc1cnc2ccccc2c1CC1(C)NC(=O)N(c2ccc(SC(F)(F)F)cc2)C1=O. The molecule has 1 atom stereocenters. The maximum Gasteiger partial charge on any atom is 0.446 e. The number of hydrogen-bond acceptors (Lipinski definition) is 5. The molecular weight excluding hydrogens is 443 g/mol. The Balaban J connectivity index is 1.65. The number of urea groups is 1. The van der Waals surface area contributed by atoms with Crippen molar-refractivity contribution in [2.24, 2.45) is 0 Å². The lowest BCUT2D eigenvalue weighted by atomic mass is 9.90. The average Bonchev–Trinajstić information content (AvgIpc) is 2.96. The second kappa shape index (κ2) is 8.01. The molecule has 0 radical (unpaired) electrons. The van der Waals surface area contributed by atoms with E-state index in [1.165, 1.54) is 31.4 Å². The summed E-state index contributed by atoms with van der Waals surface area (Å²) >= 11 is -0.263. The fourth-order valence-corrected chi connectivity index (χ4v) is 4.27. The van der Waals surface area contributed by atoms with Crippen LogP contribution in [0, 0.1) is 0 Å². The molecule has 1 aliphatic rings. The first kappa shape index (κ1) is 21.9. The molecule has 1 aromatic heterocycles. The van der Waals surface area contributed by atoms with Gasteiger partial charge >= 0.3 is 11.5 Å². The number of nitrogens with zero attached hydrogens (tertiary/aromatic N) is 2. The third-order valence-electron chi connectivity index (χ3n) is 5.19. The number of fused-ring (bicyclic) bond motifs is 1. The number of anilines is 1. The number of benzene rings is 2. The quantitative estimate of drug-likeness (QED) is 0.432. The van der Waals surface area contributed by atoms with Gasteiger partial charge in [-0.1, -0.05) is 18.2 Å². The van der Waals surface area contributed by atoms with Crippen molar-refractivity contribution in [3.05, 3.63) is 60.3 Å². The van der Waals surface area contributed by atoms with Gasteiger partial charge in [-0.05, 0) is 49.0 Å². The van der Waals surface area contributed by atoms with Crippen molar-refractivity contribution in [2.75, 3.05) is 12.0 Å². The van der Waals surface area contributed by atoms with Crippen LogP contribution in [-0.2, 0) is 11.2 Å². The van der Waals surface area contributed by atoms with Gasteiger partial charge in [0.2, 0.25) is 0 Å². The number of aromatic nitrogens is 1. The van der Waals surface area contributed by atoms with Crippen molar-refractivity contribution in [1.29, 1.82) is 0 Å². The standard InChI is InChI=1S/C22H18F3N3O3S/c1-21(11-16-15-5-3-4-6-17(15)26-12-18(16)31-2)19(29)28(20(30)27-21)13-7-9-14(10-8-13)32-22(23,24)25/h3-10,12H,11H2,1-2H3,(H,27,30). The monoisotopic (exact) mass is 461 g/mol. The van der Waals surface area contributed by atoms with Crippen LogP contribution in [0.1, 0.15) is 12.5 Å². The fraction of sp³-hybridized carbons (Fsp3) is 0.227. The maximum absolute atomic E-state index is 13.3. The molecule has 6 nitrogen and oxygen atoms in total. The smallest absolute Gasteiger partial charge is 0.446 e. The zero-order valence-corrected chi connectivity index (χ0v) is 17.9. The highest BCUT2D eigenvalue weighted by molar-refractivity contribution is 8.00. The molecule has 0 spiro atoms. The number of hydrogen-bond donors (Lipinski definition) is 1. The van der Waals surface area contributed by atoms with E-state index in [-0.39, 0.29) is 28.8 Å². The number of amides is 3. The highest BCUT2D eigenvalue weighted by Gasteiger charge is 2.49. The van der Waals surface area contributed by atoms with Crippen LogP contribution in [0.15, 0.2) is 59.6 Å². The molecule has 166 valence electrons. The van der Waals surface area contributed by atoms with Gasteiger partial charge < -0.3 is 10.1 Å². The lowest BCUT2D eigenvalue weighted by molar-refractivity contribution is -0.121. The van der Waals surface area contributed by atoms with Crippen LogP contribution in [0.4, 0.5) is 23.7 Å². The van der Waals surface area contributed by atoms with E-state index >= 15 is 0 Å². The van der Waals surface area contributed by atoms with Gasteiger partial charge in [0, 0.05) is 22.3 Å². The molecule has 0 aliphatic carbocycles. The van der Waals surface area contributed by atoms with Gasteiger partial charge in [-0.3, -0.25) is 9.78 Å². The largest absolute Gasteiger partial charge is 0.495 e. The van der Waals surface area contributed by atoms with E-state index in [0.29, 0.717) is 11.3 Å². The number of imide groups is 1. The summed E-state index contributed by atoms with van der Waals surface area (Å²) in [7, 11) is 1.50. The lowest BCUT2D eigenvalue weighted by Gasteiger charge is -2.23. The van der Waals surface area contributed by atoms with Crippen molar-refractivity contribution in [3.8, 4) is 5.75 Å². The third-order valence-corrected chi connectivity index (χ3v) is 5.93. The fourth-order valence-electron chi connectivity index (χ4n) is 3.73. The minimum Gasteiger partial charge on any atom is -0.495 e. The summed E-state index contributed by atoms with van der Waals surface area (Å²) in [6, 6.07) is 11.8. The topological polar surface area (TPSA) is 71.5 Å². The second-order valence-corrected chi connectivity index (χ2v) is 8.58. The Labute approximate surface area is 185 Å². The Morgan fingerprint density at radius 2 is 1.81 bits per heavy atom. The van der Waals surface area contributed by atoms with Crippen LogP contribution in [0.25, 0.3) is 10.9 Å². The summed E-state index contributed by atoms with van der Waals surface area (Å²) in [5.74, 6) is -0.0272. The second-order valence-electron chi connectivity index (χ2n) is 7.44. The number of carbonyl (C=O) groups is 2. The van der Waals surface area contributed by atoms with Gasteiger partial charge in [0.05, 0.1) is 24.5 Å². The minimum atomic E-state index is -4.42. The Morgan fingerprint density at radius 1 is 1.12 bits per heavy atom. The van der Waals surface area contributed by atoms with Gasteiger partial charge in [-0.2, -0.15) is 13.2 Å². The molecule has 3 aromatic rings. The van der Waals surface area contributed by atoms with E-state index in [2.05, 4.69) is 10.3 Å². The predicted octanol–water partition coefficient (Wildman–Crippen LogP) is 4.91. The number of para-hydroxylation sites is 1. The molecule has 10 heteroatoms. The highest BCUT2D eigenvalue weighted by Crippen LogP contribution is 2.38. The number of ether oxygens (including phenoxy) is 1. The normalized spacial score (nSPS) is 18.8. The van der Waals surface area contributed by atoms with Crippen molar-refractivity contribution in [2.45, 2.75) is 29.3 Å². The third kappa shape index (κ3) is 4.10. The van der Waals surface area contributed by atoms with Crippen LogP contribution in [0.3, 0.4) is 0 Å². The molecule has 0 bridgehead atoms. The summed E-state index contributed by atoms with van der Waals surface area (Å²) in [6.45, 7) is 1.61. The molecule has 1 N–H and O–H groups in total. The van der Waals surface area contributed by atoms with Gasteiger partial charge in [-0.15, -0.1) is 0 Å². The van der Waals surface area contributed by atoms with Crippen LogP contribution in [0.5, 0.6) is 5.75 Å². The first-order chi connectivity index (χ1) is 15.1. The Bertz CT molecular complexity index is 1200.